The maximum absolute atomic E-state index is 13.3. The van der Waals surface area contributed by atoms with Crippen LogP contribution in [0, 0.1) is 11.6 Å². The van der Waals surface area contributed by atoms with Gasteiger partial charge in [0.2, 0.25) is 5.95 Å². The number of fused-ring (bicyclic) bond motifs is 1. The minimum Gasteiger partial charge on any atom is -0.277 e. The van der Waals surface area contributed by atoms with Gasteiger partial charge in [-0.2, -0.15) is 0 Å². The Morgan fingerprint density at radius 2 is 1.92 bits per heavy atom. The van der Waals surface area contributed by atoms with Crippen LogP contribution in [0.2, 0.25) is 5.02 Å². The Labute approximate surface area is 151 Å². The van der Waals surface area contributed by atoms with Crippen LogP contribution < -0.4 is 16.4 Å². The highest BCUT2D eigenvalue weighted by molar-refractivity contribution is 6.33. The van der Waals surface area contributed by atoms with Crippen molar-refractivity contribution in [2.45, 2.75) is 13.5 Å². The van der Waals surface area contributed by atoms with Gasteiger partial charge in [-0.05, 0) is 31.2 Å². The summed E-state index contributed by atoms with van der Waals surface area (Å²) in [7, 11) is 0. The molecule has 0 unspecified atom stereocenters. The quantitative estimate of drug-likeness (QED) is 0.540. The van der Waals surface area contributed by atoms with Gasteiger partial charge in [0.1, 0.15) is 0 Å². The molecule has 0 bridgehead atoms. The van der Waals surface area contributed by atoms with E-state index < -0.39 is 17.5 Å². The number of hydrogen-bond acceptors (Lipinski definition) is 4. The number of amides is 1. The predicted octanol–water partition coefficient (Wildman–Crippen LogP) is 3.10. The van der Waals surface area contributed by atoms with Gasteiger partial charge in [0, 0.05) is 6.54 Å². The van der Waals surface area contributed by atoms with Gasteiger partial charge in [0.25, 0.3) is 11.5 Å². The van der Waals surface area contributed by atoms with E-state index in [1.165, 1.54) is 4.57 Å². The molecule has 3 rings (SSSR count). The van der Waals surface area contributed by atoms with E-state index in [4.69, 9.17) is 11.6 Å². The van der Waals surface area contributed by atoms with Gasteiger partial charge in [-0.3, -0.25) is 25.0 Å². The fourth-order valence-electron chi connectivity index (χ4n) is 2.43. The number of aromatic nitrogens is 2. The van der Waals surface area contributed by atoms with E-state index in [1.54, 1.807) is 31.2 Å². The molecule has 2 N–H and O–H groups in total. The van der Waals surface area contributed by atoms with Gasteiger partial charge in [0.15, 0.2) is 11.6 Å². The van der Waals surface area contributed by atoms with Gasteiger partial charge in [-0.15, -0.1) is 0 Å². The van der Waals surface area contributed by atoms with E-state index in [0.29, 0.717) is 29.6 Å². The summed E-state index contributed by atoms with van der Waals surface area (Å²) >= 11 is 5.77. The number of nitrogens with zero attached hydrogens (tertiary/aromatic N) is 2. The second-order valence-corrected chi connectivity index (χ2v) is 5.73. The number of benzene rings is 2. The fraction of sp³-hybridized carbons (Fsp3) is 0.118. The van der Waals surface area contributed by atoms with E-state index >= 15 is 0 Å². The van der Waals surface area contributed by atoms with Crippen LogP contribution in [-0.2, 0) is 6.54 Å². The molecule has 6 nitrogen and oxygen atoms in total. The van der Waals surface area contributed by atoms with Crippen LogP contribution >= 0.6 is 11.6 Å². The zero-order valence-corrected chi connectivity index (χ0v) is 14.3. The summed E-state index contributed by atoms with van der Waals surface area (Å²) in [4.78, 5) is 29.0. The third kappa shape index (κ3) is 3.23. The standard InChI is InChI=1S/C17H13ClF2N4O2/c1-2-24-16(26)9-5-3-4-6-14(9)21-17(24)23-22-15(25)10-7-12(19)13(20)8-11(10)18/h3-8H,2H2,1H3,(H,21,23)(H,22,25). The van der Waals surface area contributed by atoms with Crippen molar-refractivity contribution in [3.8, 4) is 0 Å². The molecule has 1 aromatic heterocycles. The average Bonchev–Trinajstić information content (AvgIpc) is 2.63. The van der Waals surface area contributed by atoms with Crippen molar-refractivity contribution < 1.29 is 13.6 Å². The van der Waals surface area contributed by atoms with Crippen LogP contribution in [0.25, 0.3) is 10.9 Å². The van der Waals surface area contributed by atoms with Crippen molar-refractivity contribution in [1.82, 2.24) is 15.0 Å². The molecule has 0 aliphatic heterocycles. The molecule has 0 radical (unpaired) electrons. The highest BCUT2D eigenvalue weighted by Gasteiger charge is 2.16. The molecule has 2 aromatic carbocycles. The summed E-state index contributed by atoms with van der Waals surface area (Å²) in [5.41, 5.74) is 4.73. The Balaban J connectivity index is 1.91. The van der Waals surface area contributed by atoms with Crippen molar-refractivity contribution in [2.24, 2.45) is 0 Å². The minimum absolute atomic E-state index is 0.100. The lowest BCUT2D eigenvalue weighted by atomic mass is 10.2. The Kier molecular flexibility index (Phi) is 4.85. The van der Waals surface area contributed by atoms with Gasteiger partial charge in [0.05, 0.1) is 21.5 Å². The first-order valence-electron chi connectivity index (χ1n) is 7.63. The topological polar surface area (TPSA) is 76.0 Å². The molecule has 1 amide bonds. The minimum atomic E-state index is -1.20. The van der Waals surface area contributed by atoms with Crippen molar-refractivity contribution in [3.63, 3.8) is 0 Å². The van der Waals surface area contributed by atoms with E-state index in [2.05, 4.69) is 15.8 Å². The first-order valence-corrected chi connectivity index (χ1v) is 8.00. The molecule has 9 heteroatoms. The number of hydrazine groups is 1. The molecule has 26 heavy (non-hydrogen) atoms. The van der Waals surface area contributed by atoms with Crippen LogP contribution in [0.15, 0.2) is 41.2 Å². The number of carbonyl (C=O) groups is 1. The average molecular weight is 379 g/mol. The first-order chi connectivity index (χ1) is 12.4. The maximum atomic E-state index is 13.3. The highest BCUT2D eigenvalue weighted by atomic mass is 35.5. The number of nitrogens with one attached hydrogen (secondary N) is 2. The third-order valence-corrected chi connectivity index (χ3v) is 4.03. The zero-order chi connectivity index (χ0) is 18.8. The number of halogens is 3. The lowest BCUT2D eigenvalue weighted by molar-refractivity contribution is 0.0961. The summed E-state index contributed by atoms with van der Waals surface area (Å²) in [6, 6.07) is 8.17. The molecule has 134 valence electrons. The number of anilines is 1. The normalized spacial score (nSPS) is 10.8. The van der Waals surface area contributed by atoms with E-state index in [1.807, 2.05) is 0 Å². The van der Waals surface area contributed by atoms with Gasteiger partial charge in [-0.1, -0.05) is 23.7 Å². The highest BCUT2D eigenvalue weighted by Crippen LogP contribution is 2.20. The number of carbonyl (C=O) groups excluding carboxylic acids is 1. The monoisotopic (exact) mass is 378 g/mol. The van der Waals surface area contributed by atoms with Crippen LogP contribution in [0.5, 0.6) is 0 Å². The largest absolute Gasteiger partial charge is 0.277 e. The summed E-state index contributed by atoms with van der Waals surface area (Å²) < 4.78 is 27.8. The van der Waals surface area contributed by atoms with E-state index in [0.717, 1.165) is 0 Å². The van der Waals surface area contributed by atoms with E-state index in [-0.39, 0.29) is 22.1 Å². The van der Waals surface area contributed by atoms with Gasteiger partial charge < -0.3 is 0 Å². The molecule has 0 aliphatic carbocycles. The second-order valence-electron chi connectivity index (χ2n) is 5.33. The molecule has 3 aromatic rings. The molecular weight excluding hydrogens is 366 g/mol. The third-order valence-electron chi connectivity index (χ3n) is 3.72. The summed E-state index contributed by atoms with van der Waals surface area (Å²) in [5, 5.41) is 0.192. The van der Waals surface area contributed by atoms with Crippen LogP contribution in [0.1, 0.15) is 17.3 Å². The molecule has 0 spiro atoms. The fourth-order valence-corrected chi connectivity index (χ4v) is 2.67. The molecule has 0 aliphatic rings. The number of para-hydroxylation sites is 1. The Morgan fingerprint density at radius 1 is 1.23 bits per heavy atom. The summed E-state index contributed by atoms with van der Waals surface area (Å²) in [5.74, 6) is -3.06. The van der Waals surface area contributed by atoms with Gasteiger partial charge >= 0.3 is 0 Å². The number of hydrogen-bond donors (Lipinski definition) is 2. The molecule has 0 atom stereocenters. The first kappa shape index (κ1) is 17.8. The van der Waals surface area contributed by atoms with Crippen molar-refractivity contribution >= 4 is 34.4 Å². The lowest BCUT2D eigenvalue weighted by Crippen LogP contribution is -2.34. The predicted molar refractivity (Wildman–Crippen MR) is 94.1 cm³/mol. The van der Waals surface area contributed by atoms with Crippen molar-refractivity contribution in [3.05, 3.63) is 69.0 Å². The summed E-state index contributed by atoms with van der Waals surface area (Å²) in [6.45, 7) is 2.05. The van der Waals surface area contributed by atoms with Crippen LogP contribution in [0.3, 0.4) is 0 Å². The second kappa shape index (κ2) is 7.09. The molecular formula is C17H13ClF2N4O2. The van der Waals surface area contributed by atoms with Crippen molar-refractivity contribution in [2.75, 3.05) is 5.43 Å². The Bertz CT molecular complexity index is 1070. The van der Waals surface area contributed by atoms with Crippen molar-refractivity contribution in [1.29, 1.82) is 0 Å². The molecule has 1 heterocycles. The van der Waals surface area contributed by atoms with Gasteiger partial charge in [-0.25, -0.2) is 13.8 Å². The zero-order valence-electron chi connectivity index (χ0n) is 13.5. The molecule has 0 saturated carbocycles. The lowest BCUT2D eigenvalue weighted by Gasteiger charge is -2.14. The Morgan fingerprint density at radius 3 is 2.65 bits per heavy atom. The molecule has 0 fully saturated rings. The van der Waals surface area contributed by atoms with Crippen LogP contribution in [0.4, 0.5) is 14.7 Å². The Hall–Kier alpha value is -3.00. The SMILES string of the molecule is CCn1c(NNC(=O)c2cc(F)c(F)cc2Cl)nc2ccccc2c1=O. The van der Waals surface area contributed by atoms with Crippen LogP contribution in [-0.4, -0.2) is 15.5 Å². The van der Waals surface area contributed by atoms with E-state index in [9.17, 15) is 18.4 Å². The smallest absolute Gasteiger partial charge is 0.271 e. The summed E-state index contributed by atoms with van der Waals surface area (Å²) in [6.07, 6.45) is 0. The molecule has 0 saturated heterocycles. The maximum Gasteiger partial charge on any atom is 0.271 e. The number of rotatable bonds is 4.